The Bertz CT molecular complexity index is 1160. The van der Waals surface area contributed by atoms with Gasteiger partial charge in [0.1, 0.15) is 17.5 Å². The number of aromatic nitrogens is 1. The van der Waals surface area contributed by atoms with Crippen molar-refractivity contribution < 1.29 is 23.5 Å². The fraction of sp³-hybridized carbons (Fsp3) is 0.583. The number of ether oxygens (including phenoxy) is 1. The summed E-state index contributed by atoms with van der Waals surface area (Å²) in [5, 5.41) is 0.537. The molecule has 0 spiro atoms. The Kier molecular flexibility index (Phi) is 5.54. The predicted octanol–water partition coefficient (Wildman–Crippen LogP) is 3.79. The van der Waals surface area contributed by atoms with Crippen LogP contribution in [0.25, 0.3) is 10.2 Å². The molecule has 0 bridgehead atoms. The fourth-order valence-electron chi connectivity index (χ4n) is 5.45. The van der Waals surface area contributed by atoms with Crippen LogP contribution in [0.5, 0.6) is 0 Å². The lowest BCUT2D eigenvalue weighted by atomic mass is 10.0. The van der Waals surface area contributed by atoms with E-state index in [1.165, 1.54) is 28.4 Å². The van der Waals surface area contributed by atoms with Crippen LogP contribution in [0.1, 0.15) is 47.0 Å². The van der Waals surface area contributed by atoms with Gasteiger partial charge in [0, 0.05) is 13.1 Å². The topological polar surface area (TPSA) is 83.1 Å². The summed E-state index contributed by atoms with van der Waals surface area (Å²) in [5.41, 5.74) is 0.00851. The van der Waals surface area contributed by atoms with E-state index in [1.54, 1.807) is 36.6 Å². The average Bonchev–Trinajstić information content (AvgIpc) is 3.51. The second kappa shape index (κ2) is 8.18. The van der Waals surface area contributed by atoms with Gasteiger partial charge in [-0.1, -0.05) is 18.3 Å². The minimum absolute atomic E-state index is 0.0811. The number of amides is 3. The third kappa shape index (κ3) is 3.81. The number of hydrogen-bond donors (Lipinski definition) is 0. The molecule has 10 heteroatoms. The van der Waals surface area contributed by atoms with Crippen LogP contribution in [0.15, 0.2) is 18.2 Å². The van der Waals surface area contributed by atoms with E-state index < -0.39 is 23.7 Å². The highest BCUT2D eigenvalue weighted by Crippen LogP contribution is 2.42. The summed E-state index contributed by atoms with van der Waals surface area (Å²) < 4.78 is 19.9. The number of anilines is 1. The Morgan fingerprint density at radius 3 is 2.68 bits per heavy atom. The van der Waals surface area contributed by atoms with E-state index in [-0.39, 0.29) is 29.7 Å². The summed E-state index contributed by atoms with van der Waals surface area (Å²) in [4.78, 5) is 49.2. The first-order chi connectivity index (χ1) is 16.0. The van der Waals surface area contributed by atoms with Crippen LogP contribution < -0.4 is 4.90 Å². The number of rotatable bonds is 2. The second-order valence-electron chi connectivity index (χ2n) is 10.3. The molecule has 5 rings (SSSR count). The van der Waals surface area contributed by atoms with Gasteiger partial charge in [0.2, 0.25) is 11.8 Å². The summed E-state index contributed by atoms with van der Waals surface area (Å²) in [7, 11) is 0. The van der Waals surface area contributed by atoms with E-state index >= 15 is 0 Å². The lowest BCUT2D eigenvalue weighted by Crippen LogP contribution is -2.52. The second-order valence-corrected chi connectivity index (χ2v) is 11.3. The normalized spacial score (nSPS) is 27.1. The van der Waals surface area contributed by atoms with E-state index in [4.69, 9.17) is 4.74 Å². The number of carbonyl (C=O) groups is 3. The molecule has 3 fully saturated rings. The zero-order chi connectivity index (χ0) is 24.4. The van der Waals surface area contributed by atoms with Crippen molar-refractivity contribution in [3.8, 4) is 0 Å². The van der Waals surface area contributed by atoms with Crippen LogP contribution >= 0.6 is 11.3 Å². The SMILES string of the molecule is C[C@@H]1C(=O)N(c2nc3ccc(F)cc3s2)[C@H]2CCN(C(=O)[C@@H]3CCCN3C(=O)OC(C)(C)C)[C@H]12. The Hall–Kier alpha value is -2.75. The van der Waals surface area contributed by atoms with E-state index in [9.17, 15) is 18.8 Å². The van der Waals surface area contributed by atoms with E-state index in [1.807, 2.05) is 6.92 Å². The van der Waals surface area contributed by atoms with Gasteiger partial charge < -0.3 is 9.64 Å². The van der Waals surface area contributed by atoms with Crippen LogP contribution in [0.3, 0.4) is 0 Å². The number of hydrogen-bond acceptors (Lipinski definition) is 6. The van der Waals surface area contributed by atoms with Gasteiger partial charge in [0.15, 0.2) is 5.13 Å². The van der Waals surface area contributed by atoms with Crippen molar-refractivity contribution in [1.82, 2.24) is 14.8 Å². The lowest BCUT2D eigenvalue weighted by molar-refractivity contribution is -0.137. The summed E-state index contributed by atoms with van der Waals surface area (Å²) in [6.45, 7) is 8.26. The van der Waals surface area contributed by atoms with Crippen molar-refractivity contribution in [2.45, 2.75) is 70.7 Å². The molecule has 3 aliphatic rings. The molecule has 1 aromatic carbocycles. The van der Waals surface area contributed by atoms with Crippen LogP contribution in [0, 0.1) is 11.7 Å². The minimum Gasteiger partial charge on any atom is -0.444 e. The molecule has 3 aliphatic heterocycles. The maximum absolute atomic E-state index is 13.7. The lowest BCUT2D eigenvalue weighted by Gasteiger charge is -2.33. The number of nitrogens with zero attached hydrogens (tertiary/aromatic N) is 4. The molecule has 3 amide bonds. The molecule has 0 aliphatic carbocycles. The number of thiazole rings is 1. The standard InChI is InChI=1S/C24H29FN4O4S/c1-13-19-16(29(20(13)30)22-26-15-8-7-14(25)12-18(15)34-22)9-11-28(19)21(31)17-6-5-10-27(17)23(32)33-24(2,3)4/h7-8,12-13,16-17,19H,5-6,9-11H2,1-4H3/t13-,16-,17-,19+/m0/s1. The molecule has 4 heterocycles. The molecular weight excluding hydrogens is 459 g/mol. The van der Waals surface area contributed by atoms with Crippen molar-refractivity contribution in [3.05, 3.63) is 24.0 Å². The number of likely N-dealkylation sites (tertiary alicyclic amines) is 2. The highest BCUT2D eigenvalue weighted by molar-refractivity contribution is 7.22. The van der Waals surface area contributed by atoms with Crippen molar-refractivity contribution >= 4 is 44.6 Å². The molecule has 34 heavy (non-hydrogen) atoms. The smallest absolute Gasteiger partial charge is 0.410 e. The van der Waals surface area contributed by atoms with Gasteiger partial charge in [-0.05, 0) is 58.2 Å². The van der Waals surface area contributed by atoms with Crippen molar-refractivity contribution in [1.29, 1.82) is 0 Å². The maximum Gasteiger partial charge on any atom is 0.410 e. The first kappa shape index (κ1) is 23.0. The molecule has 0 unspecified atom stereocenters. The Labute approximate surface area is 201 Å². The van der Waals surface area contributed by atoms with Crippen molar-refractivity contribution in [3.63, 3.8) is 0 Å². The average molecular weight is 489 g/mol. The largest absolute Gasteiger partial charge is 0.444 e. The molecule has 3 saturated heterocycles. The predicted molar refractivity (Wildman–Crippen MR) is 126 cm³/mol. The zero-order valence-corrected chi connectivity index (χ0v) is 20.6. The number of halogens is 1. The summed E-state index contributed by atoms with van der Waals surface area (Å²) >= 11 is 1.29. The highest BCUT2D eigenvalue weighted by atomic mass is 32.1. The first-order valence-corrected chi connectivity index (χ1v) is 12.6. The first-order valence-electron chi connectivity index (χ1n) is 11.7. The molecular formula is C24H29FN4O4S. The monoisotopic (exact) mass is 488 g/mol. The summed E-state index contributed by atoms with van der Waals surface area (Å²) in [6.07, 6.45) is 1.48. The minimum atomic E-state index is -0.640. The molecule has 0 saturated carbocycles. The van der Waals surface area contributed by atoms with Gasteiger partial charge >= 0.3 is 6.09 Å². The molecule has 0 N–H and O–H groups in total. The molecule has 182 valence electrons. The van der Waals surface area contributed by atoms with Gasteiger partial charge in [-0.25, -0.2) is 14.2 Å². The summed E-state index contributed by atoms with van der Waals surface area (Å²) in [5.74, 6) is -0.937. The molecule has 4 atom stereocenters. The zero-order valence-electron chi connectivity index (χ0n) is 19.8. The maximum atomic E-state index is 13.7. The number of fused-ring (bicyclic) bond motifs is 2. The molecule has 0 radical (unpaired) electrons. The quantitative estimate of drug-likeness (QED) is 0.642. The third-order valence-corrected chi connectivity index (χ3v) is 7.90. The van der Waals surface area contributed by atoms with Gasteiger partial charge in [0.05, 0.1) is 28.2 Å². The van der Waals surface area contributed by atoms with Crippen molar-refractivity contribution in [2.75, 3.05) is 18.0 Å². The van der Waals surface area contributed by atoms with Gasteiger partial charge in [0.25, 0.3) is 0 Å². The van der Waals surface area contributed by atoms with Crippen LogP contribution in [-0.2, 0) is 14.3 Å². The molecule has 1 aromatic heterocycles. The van der Waals surface area contributed by atoms with Crippen molar-refractivity contribution in [2.24, 2.45) is 5.92 Å². The van der Waals surface area contributed by atoms with E-state index in [0.717, 1.165) is 6.42 Å². The highest BCUT2D eigenvalue weighted by Gasteiger charge is 2.55. The Morgan fingerprint density at radius 2 is 1.94 bits per heavy atom. The molecule has 8 nitrogen and oxygen atoms in total. The Morgan fingerprint density at radius 1 is 1.18 bits per heavy atom. The van der Waals surface area contributed by atoms with E-state index in [2.05, 4.69) is 4.98 Å². The van der Waals surface area contributed by atoms with E-state index in [0.29, 0.717) is 41.3 Å². The van der Waals surface area contributed by atoms with Gasteiger partial charge in [-0.2, -0.15) is 0 Å². The number of benzene rings is 1. The van der Waals surface area contributed by atoms with Crippen LogP contribution in [-0.4, -0.2) is 69.5 Å². The Balaban J connectivity index is 1.38. The third-order valence-electron chi connectivity index (χ3n) is 6.88. The fourth-order valence-corrected chi connectivity index (χ4v) is 6.50. The van der Waals surface area contributed by atoms with Crippen LogP contribution in [0.2, 0.25) is 0 Å². The van der Waals surface area contributed by atoms with Crippen LogP contribution in [0.4, 0.5) is 14.3 Å². The summed E-state index contributed by atoms with van der Waals surface area (Å²) in [6, 6.07) is 3.35. The van der Waals surface area contributed by atoms with Gasteiger partial charge in [-0.15, -0.1) is 0 Å². The number of carbonyl (C=O) groups excluding carboxylic acids is 3. The van der Waals surface area contributed by atoms with Gasteiger partial charge in [-0.3, -0.25) is 19.4 Å². The molecule has 2 aromatic rings.